The van der Waals surface area contributed by atoms with E-state index in [4.69, 9.17) is 9.47 Å². The van der Waals surface area contributed by atoms with Crippen molar-refractivity contribution in [2.45, 2.75) is 6.61 Å². The number of benzene rings is 1. The van der Waals surface area contributed by atoms with Crippen LogP contribution in [-0.2, 0) is 35.5 Å². The maximum absolute atomic E-state index is 11.3. The zero-order chi connectivity index (χ0) is 15.9. The molecule has 0 spiro atoms. The van der Waals surface area contributed by atoms with Crippen molar-refractivity contribution in [2.24, 2.45) is 0 Å². The fraction of sp³-hybridized carbons (Fsp3) is 0.385. The summed E-state index contributed by atoms with van der Waals surface area (Å²) in [6, 6.07) is 6.74. The minimum atomic E-state index is -3.25. The summed E-state index contributed by atoms with van der Waals surface area (Å²) in [7, 11) is -1.72. The SMILES string of the molecule is COc1ccc(COC(=O)C(=O)OCCS(C)(=O)=O)cc1. The Hall–Kier alpha value is -2.09. The molecule has 1 aromatic rings. The third kappa shape index (κ3) is 6.75. The van der Waals surface area contributed by atoms with Crippen LogP contribution in [0.5, 0.6) is 5.75 Å². The highest BCUT2D eigenvalue weighted by atomic mass is 32.2. The molecule has 1 aromatic carbocycles. The Bertz CT molecular complexity index is 589. The van der Waals surface area contributed by atoms with Gasteiger partial charge in [-0.25, -0.2) is 18.0 Å². The number of hydrogen-bond acceptors (Lipinski definition) is 7. The lowest BCUT2D eigenvalue weighted by molar-refractivity contribution is -0.168. The van der Waals surface area contributed by atoms with Crippen molar-refractivity contribution in [2.75, 3.05) is 25.7 Å². The number of esters is 2. The molecule has 21 heavy (non-hydrogen) atoms. The highest BCUT2D eigenvalue weighted by molar-refractivity contribution is 7.90. The summed E-state index contributed by atoms with van der Waals surface area (Å²) < 4.78 is 35.9. The quantitative estimate of drug-likeness (QED) is 0.551. The predicted octanol–water partition coefficient (Wildman–Crippen LogP) is 0.326. The summed E-state index contributed by atoms with van der Waals surface area (Å²) in [6.07, 6.45) is 1.00. The molecule has 0 saturated heterocycles. The molecule has 0 amide bonds. The summed E-state index contributed by atoms with van der Waals surface area (Å²) in [5.41, 5.74) is 0.674. The van der Waals surface area contributed by atoms with Crippen LogP contribution in [0.25, 0.3) is 0 Å². The van der Waals surface area contributed by atoms with E-state index in [1.165, 1.54) is 7.11 Å². The number of sulfone groups is 1. The Balaban J connectivity index is 2.36. The van der Waals surface area contributed by atoms with E-state index in [0.29, 0.717) is 11.3 Å². The van der Waals surface area contributed by atoms with E-state index < -0.39 is 21.8 Å². The first-order valence-electron chi connectivity index (χ1n) is 5.96. The Morgan fingerprint density at radius 1 is 1.05 bits per heavy atom. The van der Waals surface area contributed by atoms with Gasteiger partial charge in [0, 0.05) is 6.26 Å². The van der Waals surface area contributed by atoms with Gasteiger partial charge in [-0.2, -0.15) is 0 Å². The van der Waals surface area contributed by atoms with Crippen LogP contribution in [0.2, 0.25) is 0 Å². The molecule has 0 unspecified atom stereocenters. The summed E-state index contributed by atoms with van der Waals surface area (Å²) >= 11 is 0. The van der Waals surface area contributed by atoms with Crippen molar-refractivity contribution >= 4 is 21.8 Å². The monoisotopic (exact) mass is 316 g/mol. The Kier molecular flexibility index (Phi) is 6.16. The molecule has 116 valence electrons. The summed E-state index contributed by atoms with van der Waals surface area (Å²) in [4.78, 5) is 22.6. The van der Waals surface area contributed by atoms with Crippen LogP contribution in [0.4, 0.5) is 0 Å². The molecule has 0 aliphatic rings. The van der Waals surface area contributed by atoms with Crippen LogP contribution in [0.1, 0.15) is 5.56 Å². The summed E-state index contributed by atoms with van der Waals surface area (Å²) in [5, 5.41) is 0. The Morgan fingerprint density at radius 3 is 2.14 bits per heavy atom. The summed E-state index contributed by atoms with van der Waals surface area (Å²) in [5.74, 6) is -2.07. The first kappa shape index (κ1) is 17.0. The highest BCUT2D eigenvalue weighted by Crippen LogP contribution is 2.11. The molecule has 0 aliphatic heterocycles. The number of rotatable bonds is 6. The molecule has 0 N–H and O–H groups in total. The van der Waals surface area contributed by atoms with Gasteiger partial charge in [0.25, 0.3) is 0 Å². The second-order valence-electron chi connectivity index (χ2n) is 4.19. The van der Waals surface area contributed by atoms with Gasteiger partial charge in [-0.15, -0.1) is 0 Å². The van der Waals surface area contributed by atoms with Gasteiger partial charge in [-0.05, 0) is 17.7 Å². The second-order valence-corrected chi connectivity index (χ2v) is 6.45. The molecular weight excluding hydrogens is 300 g/mol. The van der Waals surface area contributed by atoms with E-state index in [-0.39, 0.29) is 19.0 Å². The van der Waals surface area contributed by atoms with Gasteiger partial charge in [0.2, 0.25) is 0 Å². The maximum atomic E-state index is 11.3. The highest BCUT2D eigenvalue weighted by Gasteiger charge is 2.18. The van der Waals surface area contributed by atoms with Crippen LogP contribution >= 0.6 is 0 Å². The van der Waals surface area contributed by atoms with E-state index in [1.807, 2.05) is 0 Å². The zero-order valence-corrected chi connectivity index (χ0v) is 12.5. The molecule has 0 saturated carbocycles. The van der Waals surface area contributed by atoms with Gasteiger partial charge in [0.1, 0.15) is 19.0 Å². The van der Waals surface area contributed by atoms with E-state index in [9.17, 15) is 18.0 Å². The number of carbonyl (C=O) groups is 2. The number of methoxy groups -OCH3 is 1. The standard InChI is InChI=1S/C13H16O7S/c1-18-11-5-3-10(4-6-11)9-20-13(15)12(14)19-7-8-21(2,16)17/h3-6H,7-9H2,1-2H3. The van der Waals surface area contributed by atoms with Crippen molar-refractivity contribution in [1.29, 1.82) is 0 Å². The molecule has 0 aromatic heterocycles. The molecule has 0 atom stereocenters. The number of ether oxygens (including phenoxy) is 3. The topological polar surface area (TPSA) is 96.0 Å². The van der Waals surface area contributed by atoms with Crippen molar-refractivity contribution in [3.8, 4) is 5.75 Å². The van der Waals surface area contributed by atoms with Crippen LogP contribution < -0.4 is 4.74 Å². The molecule has 7 nitrogen and oxygen atoms in total. The first-order valence-corrected chi connectivity index (χ1v) is 8.02. The van der Waals surface area contributed by atoms with Gasteiger partial charge >= 0.3 is 11.9 Å². The normalized spacial score (nSPS) is 10.8. The van der Waals surface area contributed by atoms with Crippen molar-refractivity contribution in [3.05, 3.63) is 29.8 Å². The average Bonchev–Trinajstić information content (AvgIpc) is 2.43. The third-order valence-corrected chi connectivity index (χ3v) is 3.29. The van der Waals surface area contributed by atoms with E-state index in [2.05, 4.69) is 4.74 Å². The van der Waals surface area contributed by atoms with Gasteiger partial charge in [-0.3, -0.25) is 0 Å². The third-order valence-electron chi connectivity index (χ3n) is 2.38. The molecule has 0 fully saturated rings. The molecular formula is C13H16O7S. The fourth-order valence-corrected chi connectivity index (χ4v) is 1.66. The molecule has 1 rings (SSSR count). The van der Waals surface area contributed by atoms with Gasteiger partial charge in [0.05, 0.1) is 12.9 Å². The van der Waals surface area contributed by atoms with Crippen LogP contribution in [0.3, 0.4) is 0 Å². The van der Waals surface area contributed by atoms with Crippen molar-refractivity contribution in [3.63, 3.8) is 0 Å². The maximum Gasteiger partial charge on any atom is 0.417 e. The Labute approximate surface area is 122 Å². The molecule has 0 aliphatic carbocycles. The van der Waals surface area contributed by atoms with Crippen molar-refractivity contribution in [1.82, 2.24) is 0 Å². The lowest BCUT2D eigenvalue weighted by atomic mass is 10.2. The van der Waals surface area contributed by atoms with E-state index in [1.54, 1.807) is 24.3 Å². The predicted molar refractivity (Wildman–Crippen MR) is 73.5 cm³/mol. The van der Waals surface area contributed by atoms with Crippen LogP contribution in [0, 0.1) is 0 Å². The number of carbonyl (C=O) groups excluding carboxylic acids is 2. The smallest absolute Gasteiger partial charge is 0.417 e. The molecule has 0 heterocycles. The molecule has 0 radical (unpaired) electrons. The zero-order valence-electron chi connectivity index (χ0n) is 11.7. The molecule has 0 bridgehead atoms. The number of hydrogen-bond donors (Lipinski definition) is 0. The minimum Gasteiger partial charge on any atom is -0.497 e. The lowest BCUT2D eigenvalue weighted by Gasteiger charge is -2.06. The Morgan fingerprint density at radius 2 is 1.62 bits per heavy atom. The van der Waals surface area contributed by atoms with Crippen LogP contribution in [-0.4, -0.2) is 46.1 Å². The van der Waals surface area contributed by atoms with E-state index >= 15 is 0 Å². The first-order chi connectivity index (χ1) is 9.81. The van der Waals surface area contributed by atoms with E-state index in [0.717, 1.165) is 6.26 Å². The van der Waals surface area contributed by atoms with Gasteiger partial charge in [-0.1, -0.05) is 12.1 Å². The van der Waals surface area contributed by atoms with Gasteiger partial charge in [0.15, 0.2) is 9.84 Å². The molecule has 8 heteroatoms. The van der Waals surface area contributed by atoms with Crippen molar-refractivity contribution < 1.29 is 32.2 Å². The largest absolute Gasteiger partial charge is 0.497 e. The minimum absolute atomic E-state index is 0.0932. The van der Waals surface area contributed by atoms with Crippen LogP contribution in [0.15, 0.2) is 24.3 Å². The fourth-order valence-electron chi connectivity index (χ4n) is 1.27. The van der Waals surface area contributed by atoms with Gasteiger partial charge < -0.3 is 14.2 Å². The summed E-state index contributed by atoms with van der Waals surface area (Å²) in [6.45, 7) is -0.473. The average molecular weight is 316 g/mol. The second kappa shape index (κ2) is 7.63. The lowest BCUT2D eigenvalue weighted by Crippen LogP contribution is -2.23.